The molecular weight excluding hydrogens is 283 g/mol. The van der Waals surface area contributed by atoms with Crippen LogP contribution in [0.25, 0.3) is 21.9 Å². The Balaban J connectivity index is 2.34. The van der Waals surface area contributed by atoms with Gasteiger partial charge in [-0.25, -0.2) is 9.18 Å². The second-order valence-electron chi connectivity index (χ2n) is 4.87. The van der Waals surface area contributed by atoms with Gasteiger partial charge in [0.15, 0.2) is 11.6 Å². The van der Waals surface area contributed by atoms with E-state index in [1.54, 1.807) is 30.3 Å². The SMILES string of the molecule is COc1c(F)cccc1-c1cccc2ccc(C(=O)O)cc12. The lowest BCUT2D eigenvalue weighted by Gasteiger charge is -2.12. The Morgan fingerprint density at radius 1 is 1.05 bits per heavy atom. The molecule has 0 saturated carbocycles. The van der Waals surface area contributed by atoms with Crippen LogP contribution in [0.1, 0.15) is 10.4 Å². The van der Waals surface area contributed by atoms with Crippen molar-refractivity contribution in [1.82, 2.24) is 0 Å². The summed E-state index contributed by atoms with van der Waals surface area (Å²) in [4.78, 5) is 11.2. The summed E-state index contributed by atoms with van der Waals surface area (Å²) in [5.74, 6) is -1.30. The molecule has 0 aliphatic carbocycles. The lowest BCUT2D eigenvalue weighted by molar-refractivity contribution is 0.0697. The Morgan fingerprint density at radius 2 is 1.77 bits per heavy atom. The quantitative estimate of drug-likeness (QED) is 0.781. The van der Waals surface area contributed by atoms with Crippen molar-refractivity contribution >= 4 is 16.7 Å². The highest BCUT2D eigenvalue weighted by Crippen LogP contribution is 2.36. The number of rotatable bonds is 3. The summed E-state index contributed by atoms with van der Waals surface area (Å²) in [5.41, 5.74) is 1.52. The van der Waals surface area contributed by atoms with Crippen molar-refractivity contribution in [3.63, 3.8) is 0 Å². The fourth-order valence-electron chi connectivity index (χ4n) is 2.57. The first-order valence-corrected chi connectivity index (χ1v) is 6.71. The monoisotopic (exact) mass is 296 g/mol. The molecule has 0 heterocycles. The number of fused-ring (bicyclic) bond motifs is 1. The lowest BCUT2D eigenvalue weighted by atomic mass is 9.96. The molecule has 0 aliphatic heterocycles. The molecule has 22 heavy (non-hydrogen) atoms. The molecule has 0 fully saturated rings. The zero-order valence-corrected chi connectivity index (χ0v) is 11.8. The highest BCUT2D eigenvalue weighted by molar-refractivity contribution is 6.02. The molecule has 0 atom stereocenters. The van der Waals surface area contributed by atoms with Crippen LogP contribution in [0, 0.1) is 5.82 Å². The molecule has 0 spiro atoms. The summed E-state index contributed by atoms with van der Waals surface area (Å²) in [7, 11) is 1.41. The van der Waals surface area contributed by atoms with E-state index in [9.17, 15) is 9.18 Å². The number of para-hydroxylation sites is 1. The summed E-state index contributed by atoms with van der Waals surface area (Å²) >= 11 is 0. The third-order valence-corrected chi connectivity index (χ3v) is 3.59. The maximum atomic E-state index is 13.9. The van der Waals surface area contributed by atoms with Gasteiger partial charge >= 0.3 is 5.97 Å². The molecule has 3 rings (SSSR count). The van der Waals surface area contributed by atoms with Crippen molar-refractivity contribution < 1.29 is 19.0 Å². The van der Waals surface area contributed by atoms with Crippen molar-refractivity contribution in [2.75, 3.05) is 7.11 Å². The number of aromatic carboxylic acids is 1. The van der Waals surface area contributed by atoms with Gasteiger partial charge in [0, 0.05) is 5.56 Å². The molecule has 3 nitrogen and oxygen atoms in total. The van der Waals surface area contributed by atoms with E-state index in [4.69, 9.17) is 9.84 Å². The van der Waals surface area contributed by atoms with Crippen LogP contribution in [0.15, 0.2) is 54.6 Å². The summed E-state index contributed by atoms with van der Waals surface area (Å²) in [6.45, 7) is 0. The maximum Gasteiger partial charge on any atom is 0.335 e. The lowest BCUT2D eigenvalue weighted by Crippen LogP contribution is -1.96. The van der Waals surface area contributed by atoms with Crippen molar-refractivity contribution in [2.24, 2.45) is 0 Å². The van der Waals surface area contributed by atoms with Gasteiger partial charge in [0.1, 0.15) is 0 Å². The first-order chi connectivity index (χ1) is 10.6. The van der Waals surface area contributed by atoms with Gasteiger partial charge in [-0.3, -0.25) is 0 Å². The van der Waals surface area contributed by atoms with Crippen molar-refractivity contribution in [2.45, 2.75) is 0 Å². The topological polar surface area (TPSA) is 46.5 Å². The van der Waals surface area contributed by atoms with Crippen molar-refractivity contribution in [1.29, 1.82) is 0 Å². The molecule has 0 unspecified atom stereocenters. The number of hydrogen-bond donors (Lipinski definition) is 1. The summed E-state index contributed by atoms with van der Waals surface area (Å²) in [6, 6.07) is 15.1. The van der Waals surface area contributed by atoms with Gasteiger partial charge in [0.05, 0.1) is 12.7 Å². The molecule has 0 aliphatic rings. The van der Waals surface area contributed by atoms with Crippen LogP contribution in [-0.2, 0) is 0 Å². The van der Waals surface area contributed by atoms with Gasteiger partial charge in [-0.05, 0) is 34.5 Å². The number of hydrogen-bond acceptors (Lipinski definition) is 2. The van der Waals surface area contributed by atoms with Crippen LogP contribution in [0.4, 0.5) is 4.39 Å². The Kier molecular flexibility index (Phi) is 3.51. The van der Waals surface area contributed by atoms with Crippen LogP contribution in [0.3, 0.4) is 0 Å². The molecule has 3 aromatic carbocycles. The third kappa shape index (κ3) is 2.29. The van der Waals surface area contributed by atoms with E-state index in [-0.39, 0.29) is 11.3 Å². The van der Waals surface area contributed by atoms with Gasteiger partial charge in [-0.1, -0.05) is 36.4 Å². The average molecular weight is 296 g/mol. The summed E-state index contributed by atoms with van der Waals surface area (Å²) in [5, 5.41) is 10.8. The fourth-order valence-corrected chi connectivity index (χ4v) is 2.57. The van der Waals surface area contributed by atoms with Crippen molar-refractivity contribution in [3.8, 4) is 16.9 Å². The summed E-state index contributed by atoms with van der Waals surface area (Å²) in [6.07, 6.45) is 0. The largest absolute Gasteiger partial charge is 0.493 e. The van der Waals surface area contributed by atoms with Gasteiger partial charge in [0.25, 0.3) is 0 Å². The minimum atomic E-state index is -0.997. The zero-order valence-electron chi connectivity index (χ0n) is 11.8. The number of benzene rings is 3. The molecule has 4 heteroatoms. The number of ether oxygens (including phenoxy) is 1. The van der Waals surface area contributed by atoms with E-state index in [2.05, 4.69) is 0 Å². The molecular formula is C18H13FO3. The minimum absolute atomic E-state index is 0.149. The predicted molar refractivity (Wildman–Crippen MR) is 82.9 cm³/mol. The van der Waals surface area contributed by atoms with Gasteiger partial charge in [-0.15, -0.1) is 0 Å². The highest BCUT2D eigenvalue weighted by atomic mass is 19.1. The van der Waals surface area contributed by atoms with Crippen LogP contribution in [0.5, 0.6) is 5.75 Å². The van der Waals surface area contributed by atoms with E-state index >= 15 is 0 Å². The van der Waals surface area contributed by atoms with E-state index in [0.717, 1.165) is 16.3 Å². The normalized spacial score (nSPS) is 10.6. The standard InChI is InChI=1S/C18H13FO3/c1-22-17-14(6-3-7-16(17)19)13-5-2-4-11-8-9-12(18(20)21)10-15(11)13/h2-10H,1H3,(H,20,21). The van der Waals surface area contributed by atoms with Crippen LogP contribution >= 0.6 is 0 Å². The molecule has 0 bridgehead atoms. The van der Waals surface area contributed by atoms with Gasteiger partial charge in [0.2, 0.25) is 0 Å². The van der Waals surface area contributed by atoms with E-state index < -0.39 is 11.8 Å². The number of carboxylic acids is 1. The zero-order chi connectivity index (χ0) is 15.7. The number of halogens is 1. The third-order valence-electron chi connectivity index (χ3n) is 3.59. The average Bonchev–Trinajstić information content (AvgIpc) is 2.53. The molecule has 1 N–H and O–H groups in total. The van der Waals surface area contributed by atoms with Crippen molar-refractivity contribution in [3.05, 3.63) is 66.0 Å². The Labute approximate surface area is 126 Å². The molecule has 3 aromatic rings. The highest BCUT2D eigenvalue weighted by Gasteiger charge is 2.14. The number of methoxy groups -OCH3 is 1. The first-order valence-electron chi connectivity index (χ1n) is 6.71. The number of carboxylic acid groups (broad SMARTS) is 1. The Morgan fingerprint density at radius 3 is 2.50 bits per heavy atom. The van der Waals surface area contributed by atoms with E-state index in [1.165, 1.54) is 13.2 Å². The minimum Gasteiger partial charge on any atom is -0.493 e. The Bertz CT molecular complexity index is 871. The maximum absolute atomic E-state index is 13.9. The first kappa shape index (κ1) is 14.1. The van der Waals surface area contributed by atoms with E-state index in [0.29, 0.717) is 5.56 Å². The van der Waals surface area contributed by atoms with Crippen LogP contribution in [0.2, 0.25) is 0 Å². The molecule has 0 radical (unpaired) electrons. The second kappa shape index (κ2) is 5.48. The second-order valence-corrected chi connectivity index (χ2v) is 4.87. The molecule has 0 saturated heterocycles. The molecule has 110 valence electrons. The number of carbonyl (C=O) groups is 1. The molecule has 0 amide bonds. The predicted octanol–water partition coefficient (Wildman–Crippen LogP) is 4.35. The van der Waals surface area contributed by atoms with E-state index in [1.807, 2.05) is 18.2 Å². The smallest absolute Gasteiger partial charge is 0.335 e. The van der Waals surface area contributed by atoms with Crippen LogP contribution < -0.4 is 4.74 Å². The summed E-state index contributed by atoms with van der Waals surface area (Å²) < 4.78 is 19.1. The molecule has 0 aromatic heterocycles. The van der Waals surface area contributed by atoms with Gasteiger partial charge < -0.3 is 9.84 Å². The Hall–Kier alpha value is -2.88. The van der Waals surface area contributed by atoms with Crippen LogP contribution in [-0.4, -0.2) is 18.2 Å². The fraction of sp³-hybridized carbons (Fsp3) is 0.0556. The van der Waals surface area contributed by atoms with Gasteiger partial charge in [-0.2, -0.15) is 0 Å².